The Morgan fingerprint density at radius 1 is 1.23 bits per heavy atom. The third-order valence-corrected chi connectivity index (χ3v) is 6.35. The van der Waals surface area contributed by atoms with E-state index in [0.29, 0.717) is 44.2 Å². The van der Waals surface area contributed by atoms with Crippen LogP contribution in [0.1, 0.15) is 69.8 Å². The van der Waals surface area contributed by atoms with E-state index in [-0.39, 0.29) is 23.6 Å². The van der Waals surface area contributed by atoms with Gasteiger partial charge in [-0.15, -0.1) is 0 Å². The van der Waals surface area contributed by atoms with Crippen molar-refractivity contribution in [2.75, 3.05) is 7.11 Å². The number of carbonyl (C=O) groups excluding carboxylic acids is 1. The van der Waals surface area contributed by atoms with Crippen molar-refractivity contribution < 1.29 is 29.3 Å². The monoisotopic (exact) mass is 437 g/mol. The van der Waals surface area contributed by atoms with Gasteiger partial charge in [-0.1, -0.05) is 36.6 Å². The van der Waals surface area contributed by atoms with E-state index in [9.17, 15) is 24.6 Å². The lowest BCUT2D eigenvalue weighted by atomic mass is 9.84. The molecule has 0 heterocycles. The largest absolute Gasteiger partial charge is 0.469 e. The molecule has 2 rings (SSSR count). The molecule has 0 aliphatic heterocycles. The number of ether oxygens (including phenoxy) is 1. The number of carbonyl (C=O) groups is 1. The Morgan fingerprint density at radius 3 is 2.71 bits per heavy atom. The van der Waals surface area contributed by atoms with Gasteiger partial charge in [-0.05, 0) is 62.1 Å². The van der Waals surface area contributed by atoms with Crippen molar-refractivity contribution >= 4 is 11.7 Å². The standard InChI is InChI=1S/C24H36FNO5/c1-31-24(29)10-5-3-2-4-9-21-20(22(26-30)16-23(21)28)14-13-19(27)12-11-17-7-6-8-18(25)15-17/h6-8,15,19-21,23,27-28,30H,2-5,9-14,16H2,1H3/b26-22+. The molecule has 174 valence electrons. The van der Waals surface area contributed by atoms with Gasteiger partial charge in [0.15, 0.2) is 0 Å². The van der Waals surface area contributed by atoms with Gasteiger partial charge in [-0.25, -0.2) is 4.39 Å². The number of aryl methyl sites for hydroxylation is 1. The summed E-state index contributed by atoms with van der Waals surface area (Å²) in [5.41, 5.74) is 1.47. The highest BCUT2D eigenvalue weighted by atomic mass is 19.1. The first-order chi connectivity index (χ1) is 14.9. The Kier molecular flexibility index (Phi) is 10.9. The molecule has 1 aliphatic rings. The van der Waals surface area contributed by atoms with Crippen LogP contribution in [0.25, 0.3) is 0 Å². The highest BCUT2D eigenvalue weighted by molar-refractivity contribution is 5.89. The maximum atomic E-state index is 13.3. The van der Waals surface area contributed by atoms with Crippen molar-refractivity contribution in [3.63, 3.8) is 0 Å². The second-order valence-electron chi connectivity index (χ2n) is 8.56. The SMILES string of the molecule is COC(=O)CCCCCCC1C(O)C/C(=N\O)C1CCC(O)CCc1cccc(F)c1. The van der Waals surface area contributed by atoms with Crippen LogP contribution < -0.4 is 0 Å². The van der Waals surface area contributed by atoms with Crippen molar-refractivity contribution in [1.82, 2.24) is 0 Å². The fourth-order valence-corrected chi connectivity index (χ4v) is 4.57. The van der Waals surface area contributed by atoms with Crippen molar-refractivity contribution in [2.24, 2.45) is 17.0 Å². The lowest BCUT2D eigenvalue weighted by molar-refractivity contribution is -0.140. The number of aliphatic hydroxyl groups excluding tert-OH is 2. The Balaban J connectivity index is 1.76. The predicted molar refractivity (Wildman–Crippen MR) is 117 cm³/mol. The molecule has 1 aromatic carbocycles. The first kappa shape index (κ1) is 25.3. The predicted octanol–water partition coefficient (Wildman–Crippen LogP) is 4.24. The summed E-state index contributed by atoms with van der Waals surface area (Å²) in [6.45, 7) is 0. The maximum Gasteiger partial charge on any atom is 0.305 e. The Hall–Kier alpha value is -1.99. The molecule has 31 heavy (non-hydrogen) atoms. The normalized spacial score (nSPS) is 23.2. The molecule has 0 bridgehead atoms. The molecular formula is C24H36FNO5. The summed E-state index contributed by atoms with van der Waals surface area (Å²) in [7, 11) is 1.39. The van der Waals surface area contributed by atoms with Gasteiger partial charge in [0.1, 0.15) is 5.82 Å². The van der Waals surface area contributed by atoms with Crippen LogP contribution in [0.4, 0.5) is 4.39 Å². The number of halogens is 1. The summed E-state index contributed by atoms with van der Waals surface area (Å²) < 4.78 is 17.9. The molecule has 7 heteroatoms. The number of benzene rings is 1. The molecule has 4 atom stereocenters. The number of rotatable bonds is 13. The van der Waals surface area contributed by atoms with E-state index in [2.05, 4.69) is 9.89 Å². The summed E-state index contributed by atoms with van der Waals surface area (Å²) in [6, 6.07) is 6.40. The van der Waals surface area contributed by atoms with Gasteiger partial charge < -0.3 is 20.2 Å². The molecule has 1 aliphatic carbocycles. The van der Waals surface area contributed by atoms with Gasteiger partial charge in [-0.3, -0.25) is 4.79 Å². The fourth-order valence-electron chi connectivity index (χ4n) is 4.57. The molecule has 0 amide bonds. The molecule has 0 saturated heterocycles. The van der Waals surface area contributed by atoms with E-state index in [0.717, 1.165) is 37.7 Å². The van der Waals surface area contributed by atoms with Crippen LogP contribution in [-0.4, -0.2) is 46.4 Å². The molecular weight excluding hydrogens is 401 g/mol. The van der Waals surface area contributed by atoms with Crippen LogP contribution in [0.15, 0.2) is 29.4 Å². The third-order valence-electron chi connectivity index (χ3n) is 6.35. The highest BCUT2D eigenvalue weighted by Gasteiger charge is 2.39. The van der Waals surface area contributed by atoms with Gasteiger partial charge in [0, 0.05) is 18.8 Å². The minimum Gasteiger partial charge on any atom is -0.469 e. The lowest BCUT2D eigenvalue weighted by Crippen LogP contribution is -2.22. The van der Waals surface area contributed by atoms with Crippen molar-refractivity contribution in [3.05, 3.63) is 35.6 Å². The summed E-state index contributed by atoms with van der Waals surface area (Å²) in [6.07, 6.45) is 6.51. The molecule has 0 aromatic heterocycles. The second-order valence-corrected chi connectivity index (χ2v) is 8.56. The number of nitrogens with zero attached hydrogens (tertiary/aromatic N) is 1. The Bertz CT molecular complexity index is 711. The first-order valence-corrected chi connectivity index (χ1v) is 11.3. The number of aliphatic hydroxyl groups is 2. The zero-order valence-electron chi connectivity index (χ0n) is 18.4. The number of hydrogen-bond acceptors (Lipinski definition) is 6. The molecule has 0 radical (unpaired) electrons. The number of methoxy groups -OCH3 is 1. The molecule has 6 nitrogen and oxygen atoms in total. The van der Waals surface area contributed by atoms with Crippen LogP contribution in [0.5, 0.6) is 0 Å². The van der Waals surface area contributed by atoms with Crippen molar-refractivity contribution in [3.8, 4) is 0 Å². The highest BCUT2D eigenvalue weighted by Crippen LogP contribution is 2.37. The average Bonchev–Trinajstić information content (AvgIpc) is 3.07. The van der Waals surface area contributed by atoms with Crippen LogP contribution in [0.3, 0.4) is 0 Å². The van der Waals surface area contributed by atoms with Crippen molar-refractivity contribution in [2.45, 2.75) is 82.8 Å². The molecule has 1 aromatic rings. The number of esters is 1. The quantitative estimate of drug-likeness (QED) is 0.186. The lowest BCUT2D eigenvalue weighted by Gasteiger charge is -2.23. The summed E-state index contributed by atoms with van der Waals surface area (Å²) >= 11 is 0. The number of hydrogen-bond donors (Lipinski definition) is 3. The molecule has 1 saturated carbocycles. The third kappa shape index (κ3) is 8.57. The van der Waals surface area contributed by atoms with Crippen LogP contribution in [-0.2, 0) is 16.0 Å². The van der Waals surface area contributed by atoms with Gasteiger partial charge in [0.2, 0.25) is 0 Å². The summed E-state index contributed by atoms with van der Waals surface area (Å²) in [4.78, 5) is 11.1. The Labute approximate surface area is 184 Å². The maximum absolute atomic E-state index is 13.3. The van der Waals surface area contributed by atoms with E-state index >= 15 is 0 Å². The topological polar surface area (TPSA) is 99.4 Å². The second kappa shape index (κ2) is 13.4. The molecule has 4 unspecified atom stereocenters. The first-order valence-electron chi connectivity index (χ1n) is 11.3. The number of oxime groups is 1. The van der Waals surface area contributed by atoms with E-state index in [1.54, 1.807) is 6.07 Å². The van der Waals surface area contributed by atoms with E-state index in [4.69, 9.17) is 0 Å². The number of unbranched alkanes of at least 4 members (excludes halogenated alkanes) is 3. The van der Waals surface area contributed by atoms with E-state index in [1.165, 1.54) is 19.2 Å². The molecule has 1 fully saturated rings. The average molecular weight is 438 g/mol. The summed E-state index contributed by atoms with van der Waals surface area (Å²) in [5, 5.41) is 33.6. The van der Waals surface area contributed by atoms with Gasteiger partial charge >= 0.3 is 5.97 Å². The zero-order chi connectivity index (χ0) is 22.6. The van der Waals surface area contributed by atoms with Crippen LogP contribution in [0, 0.1) is 17.7 Å². The minimum atomic E-state index is -0.532. The van der Waals surface area contributed by atoms with Crippen molar-refractivity contribution in [1.29, 1.82) is 0 Å². The smallest absolute Gasteiger partial charge is 0.305 e. The molecule has 3 N–H and O–H groups in total. The zero-order valence-corrected chi connectivity index (χ0v) is 18.4. The van der Waals surface area contributed by atoms with E-state index < -0.39 is 12.2 Å². The van der Waals surface area contributed by atoms with Crippen LogP contribution >= 0.6 is 0 Å². The van der Waals surface area contributed by atoms with Gasteiger partial charge in [0.05, 0.1) is 25.0 Å². The Morgan fingerprint density at radius 2 is 2.00 bits per heavy atom. The van der Waals surface area contributed by atoms with Gasteiger partial charge in [0.25, 0.3) is 0 Å². The summed E-state index contributed by atoms with van der Waals surface area (Å²) in [5.74, 6) is -0.490. The fraction of sp³-hybridized carbons (Fsp3) is 0.667. The minimum absolute atomic E-state index is 0.0157. The van der Waals surface area contributed by atoms with E-state index in [1.807, 2.05) is 6.07 Å². The van der Waals surface area contributed by atoms with Gasteiger partial charge in [-0.2, -0.15) is 0 Å². The van der Waals surface area contributed by atoms with Crippen LogP contribution in [0.2, 0.25) is 0 Å². The molecule has 0 spiro atoms.